The number of carbonyl (C=O) groups is 1. The molecular weight excluding hydrogens is 459 g/mol. The van der Waals surface area contributed by atoms with E-state index in [9.17, 15) is 9.18 Å². The van der Waals surface area contributed by atoms with Gasteiger partial charge in [0, 0.05) is 36.3 Å². The van der Waals surface area contributed by atoms with Crippen LogP contribution in [0.3, 0.4) is 0 Å². The predicted molar refractivity (Wildman–Crippen MR) is 130 cm³/mol. The molecule has 8 nitrogen and oxygen atoms in total. The van der Waals surface area contributed by atoms with Crippen LogP contribution >= 0.6 is 11.6 Å². The number of hydrogen-bond acceptors (Lipinski definition) is 6. The topological polar surface area (TPSA) is 116 Å². The van der Waals surface area contributed by atoms with Crippen LogP contribution in [0.5, 0.6) is 0 Å². The van der Waals surface area contributed by atoms with E-state index in [4.69, 9.17) is 16.7 Å². The molecule has 0 aliphatic rings. The predicted octanol–water partition coefficient (Wildman–Crippen LogP) is 5.16. The average Bonchev–Trinajstić information content (AvgIpc) is 3.34. The summed E-state index contributed by atoms with van der Waals surface area (Å²) < 4.78 is 13.5. The first-order valence-corrected chi connectivity index (χ1v) is 10.7. The smallest absolute Gasteiger partial charge is 0.328 e. The molecule has 172 valence electrons. The molecule has 4 N–H and O–H groups in total. The Balaban J connectivity index is 1.63. The summed E-state index contributed by atoms with van der Waals surface area (Å²) >= 11 is 5.88. The number of H-pyrrole nitrogens is 1. The van der Waals surface area contributed by atoms with Crippen molar-refractivity contribution >= 4 is 41.1 Å². The van der Waals surface area contributed by atoms with Gasteiger partial charge in [-0.15, -0.1) is 0 Å². The first-order valence-electron chi connectivity index (χ1n) is 10.3. The second-order valence-corrected chi connectivity index (χ2v) is 7.70. The third-order valence-corrected chi connectivity index (χ3v) is 5.13. The molecular formula is C24H20ClFN6O2. The zero-order valence-electron chi connectivity index (χ0n) is 17.8. The summed E-state index contributed by atoms with van der Waals surface area (Å²) in [5.74, 6) is -0.652. The largest absolute Gasteiger partial charge is 0.478 e. The van der Waals surface area contributed by atoms with Gasteiger partial charge in [-0.05, 0) is 53.5 Å². The van der Waals surface area contributed by atoms with Crippen LogP contribution in [0.25, 0.3) is 17.2 Å². The number of anilines is 3. The molecule has 34 heavy (non-hydrogen) atoms. The average molecular weight is 479 g/mol. The Hall–Kier alpha value is -4.24. The maximum atomic E-state index is 13.5. The molecule has 0 unspecified atom stereocenters. The lowest BCUT2D eigenvalue weighted by atomic mass is 10.0. The van der Waals surface area contributed by atoms with Crippen molar-refractivity contribution in [3.05, 3.63) is 89.1 Å². The van der Waals surface area contributed by atoms with E-state index < -0.39 is 11.8 Å². The number of nitrogens with one attached hydrogen (secondary N) is 3. The van der Waals surface area contributed by atoms with Crippen LogP contribution in [0.15, 0.2) is 67.1 Å². The maximum Gasteiger partial charge on any atom is 0.328 e. The van der Waals surface area contributed by atoms with Crippen LogP contribution in [-0.4, -0.2) is 37.8 Å². The fourth-order valence-electron chi connectivity index (χ4n) is 3.21. The standard InChI is InChI=1S/C24H20ClFN6O2/c25-20-11-18(5-6-21(20)26)31-24-28-14-19(17-3-1-2-15(10-17)4-7-22(33)34)23(32-24)27-9-8-16-12-29-30-13-16/h1-7,10-14H,8-9H2,(H,29,30)(H,33,34)(H2,27,28,31,32). The van der Waals surface area contributed by atoms with Crippen molar-refractivity contribution in [3.63, 3.8) is 0 Å². The highest BCUT2D eigenvalue weighted by molar-refractivity contribution is 6.31. The van der Waals surface area contributed by atoms with Gasteiger partial charge in [0.05, 0.1) is 11.2 Å². The summed E-state index contributed by atoms with van der Waals surface area (Å²) in [5, 5.41) is 22.0. The number of carboxylic acids is 1. The lowest BCUT2D eigenvalue weighted by molar-refractivity contribution is -0.131. The lowest BCUT2D eigenvalue weighted by Crippen LogP contribution is -2.09. The number of rotatable bonds is 9. The SMILES string of the molecule is O=C(O)C=Cc1cccc(-c2cnc(Nc3ccc(F)c(Cl)c3)nc2NCCc2cn[nH]c2)c1. The second kappa shape index (κ2) is 10.6. The number of benzene rings is 2. The van der Waals surface area contributed by atoms with Crippen molar-refractivity contribution in [1.29, 1.82) is 0 Å². The van der Waals surface area contributed by atoms with Crippen molar-refractivity contribution in [2.75, 3.05) is 17.2 Å². The van der Waals surface area contributed by atoms with E-state index in [1.165, 1.54) is 18.2 Å². The van der Waals surface area contributed by atoms with E-state index in [1.54, 1.807) is 18.5 Å². The summed E-state index contributed by atoms with van der Waals surface area (Å²) in [6.45, 7) is 0.587. The van der Waals surface area contributed by atoms with Crippen molar-refractivity contribution in [3.8, 4) is 11.1 Å². The summed E-state index contributed by atoms with van der Waals surface area (Å²) in [6, 6.07) is 11.7. The van der Waals surface area contributed by atoms with E-state index in [1.807, 2.05) is 30.5 Å². The summed E-state index contributed by atoms with van der Waals surface area (Å²) in [6.07, 6.45) is 8.57. The quantitative estimate of drug-likeness (QED) is 0.246. The molecule has 0 aliphatic carbocycles. The summed E-state index contributed by atoms with van der Waals surface area (Å²) in [5.41, 5.74) is 3.87. The highest BCUT2D eigenvalue weighted by Crippen LogP contribution is 2.29. The molecule has 0 amide bonds. The first-order chi connectivity index (χ1) is 16.5. The molecule has 2 aromatic heterocycles. The summed E-state index contributed by atoms with van der Waals surface area (Å²) in [4.78, 5) is 19.9. The van der Waals surface area contributed by atoms with Gasteiger partial charge in [0.2, 0.25) is 5.95 Å². The van der Waals surface area contributed by atoms with Gasteiger partial charge in [0.15, 0.2) is 0 Å². The first kappa shape index (κ1) is 22.9. The molecule has 0 radical (unpaired) electrons. The maximum absolute atomic E-state index is 13.5. The molecule has 0 saturated heterocycles. The Morgan fingerprint density at radius 3 is 2.85 bits per heavy atom. The van der Waals surface area contributed by atoms with Gasteiger partial charge < -0.3 is 15.7 Å². The molecule has 4 aromatic rings. The fourth-order valence-corrected chi connectivity index (χ4v) is 3.39. The Labute approximate surface area is 199 Å². The zero-order chi connectivity index (χ0) is 23.9. The fraction of sp³-hybridized carbons (Fsp3) is 0.0833. The third kappa shape index (κ3) is 5.96. The van der Waals surface area contributed by atoms with Gasteiger partial charge in [0.1, 0.15) is 11.6 Å². The van der Waals surface area contributed by atoms with Crippen molar-refractivity contribution in [2.45, 2.75) is 6.42 Å². The van der Waals surface area contributed by atoms with E-state index in [2.05, 4.69) is 30.8 Å². The van der Waals surface area contributed by atoms with Gasteiger partial charge in [-0.3, -0.25) is 5.10 Å². The number of carboxylic acid groups (broad SMARTS) is 1. The minimum Gasteiger partial charge on any atom is -0.478 e. The number of aromatic nitrogens is 4. The normalized spacial score (nSPS) is 11.0. The molecule has 0 atom stereocenters. The van der Waals surface area contributed by atoms with Crippen LogP contribution < -0.4 is 10.6 Å². The Kier molecular flexibility index (Phi) is 7.14. The Morgan fingerprint density at radius 2 is 2.09 bits per heavy atom. The van der Waals surface area contributed by atoms with Crippen molar-refractivity contribution in [2.24, 2.45) is 0 Å². The summed E-state index contributed by atoms with van der Waals surface area (Å²) in [7, 11) is 0. The Bertz CT molecular complexity index is 1330. The van der Waals surface area contributed by atoms with Crippen LogP contribution in [0.4, 0.5) is 21.8 Å². The number of aromatic amines is 1. The number of halogens is 2. The molecule has 2 heterocycles. The van der Waals surface area contributed by atoms with Crippen molar-refractivity contribution in [1.82, 2.24) is 20.2 Å². The van der Waals surface area contributed by atoms with E-state index in [0.717, 1.165) is 34.8 Å². The number of hydrogen-bond donors (Lipinski definition) is 4. The second-order valence-electron chi connectivity index (χ2n) is 7.29. The minimum atomic E-state index is -1.02. The van der Waals surface area contributed by atoms with E-state index >= 15 is 0 Å². The molecule has 4 rings (SSSR count). The monoisotopic (exact) mass is 478 g/mol. The van der Waals surface area contributed by atoms with Crippen LogP contribution in [0.1, 0.15) is 11.1 Å². The lowest BCUT2D eigenvalue weighted by Gasteiger charge is -2.14. The molecule has 0 bridgehead atoms. The van der Waals surface area contributed by atoms with Gasteiger partial charge in [-0.1, -0.05) is 29.8 Å². The molecule has 0 saturated carbocycles. The van der Waals surface area contributed by atoms with Crippen LogP contribution in [-0.2, 0) is 11.2 Å². The molecule has 0 aliphatic heterocycles. The highest BCUT2D eigenvalue weighted by Gasteiger charge is 2.11. The van der Waals surface area contributed by atoms with Crippen LogP contribution in [0.2, 0.25) is 5.02 Å². The van der Waals surface area contributed by atoms with E-state index in [0.29, 0.717) is 24.0 Å². The molecule has 0 fully saturated rings. The number of aliphatic carboxylic acids is 1. The molecule has 10 heteroatoms. The Morgan fingerprint density at radius 1 is 1.21 bits per heavy atom. The van der Waals surface area contributed by atoms with E-state index in [-0.39, 0.29) is 5.02 Å². The highest BCUT2D eigenvalue weighted by atomic mass is 35.5. The van der Waals surface area contributed by atoms with Gasteiger partial charge in [-0.2, -0.15) is 10.1 Å². The molecule has 0 spiro atoms. The zero-order valence-corrected chi connectivity index (χ0v) is 18.6. The molecule has 2 aromatic carbocycles. The minimum absolute atomic E-state index is 0.00805. The third-order valence-electron chi connectivity index (χ3n) is 4.84. The van der Waals surface area contributed by atoms with Gasteiger partial charge in [0.25, 0.3) is 0 Å². The van der Waals surface area contributed by atoms with Crippen LogP contribution in [0, 0.1) is 5.82 Å². The van der Waals surface area contributed by atoms with Gasteiger partial charge in [-0.25, -0.2) is 14.2 Å². The van der Waals surface area contributed by atoms with Crippen molar-refractivity contribution < 1.29 is 14.3 Å². The number of nitrogens with zero attached hydrogens (tertiary/aromatic N) is 3. The van der Waals surface area contributed by atoms with Gasteiger partial charge >= 0.3 is 5.97 Å².